The van der Waals surface area contributed by atoms with E-state index in [4.69, 9.17) is 4.99 Å². The maximum Gasteiger partial charge on any atom is 0.130 e. The highest BCUT2D eigenvalue weighted by atomic mass is 79.9. The average molecular weight is 413 g/mol. The van der Waals surface area contributed by atoms with Crippen LogP contribution in [0, 0.1) is 11.6 Å². The van der Waals surface area contributed by atoms with Crippen LogP contribution in [0.2, 0.25) is 0 Å². The van der Waals surface area contributed by atoms with Crippen LogP contribution in [0.4, 0.5) is 8.78 Å². The fraction of sp³-hybridized carbons (Fsp3) is 0.0952. The van der Waals surface area contributed by atoms with Crippen LogP contribution in [0.15, 0.2) is 82.3 Å². The Hall–Kier alpha value is -2.53. The molecule has 0 unspecified atom stereocenters. The predicted molar refractivity (Wildman–Crippen MR) is 102 cm³/mol. The number of hydrogen-bond acceptors (Lipinski definition) is 2. The van der Waals surface area contributed by atoms with Crippen molar-refractivity contribution in [1.29, 1.82) is 0 Å². The van der Waals surface area contributed by atoms with E-state index in [2.05, 4.69) is 21.2 Å². The van der Waals surface area contributed by atoms with Gasteiger partial charge in [-0.1, -0.05) is 52.3 Å². The number of halogens is 3. The van der Waals surface area contributed by atoms with Crippen LogP contribution in [0.25, 0.3) is 0 Å². The quantitative estimate of drug-likeness (QED) is 0.641. The van der Waals surface area contributed by atoms with Crippen LogP contribution in [0.1, 0.15) is 16.7 Å². The van der Waals surface area contributed by atoms with Gasteiger partial charge in [-0.3, -0.25) is 0 Å². The zero-order chi connectivity index (χ0) is 18.1. The Kier molecular flexibility index (Phi) is 4.32. The third kappa shape index (κ3) is 3.03. The molecule has 5 heteroatoms. The van der Waals surface area contributed by atoms with E-state index >= 15 is 0 Å². The molecule has 0 spiro atoms. The van der Waals surface area contributed by atoms with Gasteiger partial charge >= 0.3 is 0 Å². The van der Waals surface area contributed by atoms with E-state index < -0.39 is 5.54 Å². The molecule has 0 fully saturated rings. The highest BCUT2D eigenvalue weighted by Crippen LogP contribution is 2.37. The molecule has 130 valence electrons. The zero-order valence-electron chi connectivity index (χ0n) is 13.7. The summed E-state index contributed by atoms with van der Waals surface area (Å²) in [5.74, 6) is 0.148. The van der Waals surface area contributed by atoms with E-state index in [1.54, 1.807) is 24.3 Å². The van der Waals surface area contributed by atoms with Crippen LogP contribution in [-0.2, 0) is 5.54 Å². The summed E-state index contributed by atoms with van der Waals surface area (Å²) in [6.45, 7) is 0.506. The van der Waals surface area contributed by atoms with Crippen LogP contribution >= 0.6 is 15.9 Å². The molecule has 0 saturated carbocycles. The van der Waals surface area contributed by atoms with E-state index in [-0.39, 0.29) is 11.6 Å². The van der Waals surface area contributed by atoms with Crippen molar-refractivity contribution < 1.29 is 8.78 Å². The van der Waals surface area contributed by atoms with Crippen molar-refractivity contribution in [3.63, 3.8) is 0 Å². The largest absolute Gasteiger partial charge is 0.367 e. The lowest BCUT2D eigenvalue weighted by molar-refractivity contribution is 0.560. The maximum atomic E-state index is 13.4. The molecular weight excluding hydrogens is 398 g/mol. The highest BCUT2D eigenvalue weighted by molar-refractivity contribution is 9.10. The summed E-state index contributed by atoms with van der Waals surface area (Å²) in [6, 6.07) is 20.5. The standard InChI is InChI=1S/C21H15BrF2N2/c22-17-3-1-2-14(12-17)20-25-13-21(26-20,15-4-8-18(23)9-5-15)16-6-10-19(24)11-7-16/h1-12H,13H2,(H,25,26). The molecule has 3 aromatic carbocycles. The highest BCUT2D eigenvalue weighted by Gasteiger charge is 2.39. The predicted octanol–water partition coefficient (Wildman–Crippen LogP) is 5.02. The van der Waals surface area contributed by atoms with E-state index in [1.807, 2.05) is 24.3 Å². The molecule has 0 amide bonds. The monoisotopic (exact) mass is 412 g/mol. The normalized spacial score (nSPS) is 15.4. The number of amidine groups is 1. The average Bonchev–Trinajstić information content (AvgIpc) is 3.09. The Morgan fingerprint density at radius 2 is 1.42 bits per heavy atom. The summed E-state index contributed by atoms with van der Waals surface area (Å²) in [6.07, 6.45) is 0. The van der Waals surface area contributed by atoms with Crippen LogP contribution < -0.4 is 5.32 Å². The molecule has 26 heavy (non-hydrogen) atoms. The second-order valence-corrected chi connectivity index (χ2v) is 7.11. The Morgan fingerprint density at radius 1 is 0.846 bits per heavy atom. The Morgan fingerprint density at radius 3 is 1.96 bits per heavy atom. The van der Waals surface area contributed by atoms with E-state index in [0.717, 1.165) is 27.0 Å². The van der Waals surface area contributed by atoms with Gasteiger partial charge in [0, 0.05) is 16.6 Å². The summed E-state index contributed by atoms with van der Waals surface area (Å²) in [5, 5.41) is 3.36. The van der Waals surface area contributed by atoms with Crippen molar-refractivity contribution in [2.75, 3.05) is 6.54 Å². The molecule has 1 heterocycles. The fourth-order valence-electron chi connectivity index (χ4n) is 3.24. The van der Waals surface area contributed by atoms with Crippen LogP contribution in [0.3, 0.4) is 0 Å². The van der Waals surface area contributed by atoms with Crippen LogP contribution in [-0.4, -0.2) is 12.4 Å². The molecule has 3 aromatic rings. The van der Waals surface area contributed by atoms with Gasteiger partial charge in [-0.25, -0.2) is 13.8 Å². The summed E-state index contributed by atoms with van der Waals surface area (Å²) < 4.78 is 27.8. The van der Waals surface area contributed by atoms with Gasteiger partial charge in [0.2, 0.25) is 0 Å². The number of benzene rings is 3. The van der Waals surface area contributed by atoms with E-state index in [1.165, 1.54) is 24.3 Å². The van der Waals surface area contributed by atoms with Crippen molar-refractivity contribution in [3.8, 4) is 0 Å². The van der Waals surface area contributed by atoms with Gasteiger partial charge in [-0.05, 0) is 47.5 Å². The first-order valence-corrected chi connectivity index (χ1v) is 8.98. The lowest BCUT2D eigenvalue weighted by Crippen LogP contribution is -2.31. The fourth-order valence-corrected chi connectivity index (χ4v) is 3.63. The van der Waals surface area contributed by atoms with Gasteiger partial charge in [0.05, 0.1) is 0 Å². The van der Waals surface area contributed by atoms with Gasteiger partial charge in [-0.2, -0.15) is 0 Å². The van der Waals surface area contributed by atoms with Gasteiger partial charge in [-0.15, -0.1) is 0 Å². The molecule has 1 aliphatic rings. The Labute approximate surface area is 158 Å². The summed E-state index contributed by atoms with van der Waals surface area (Å²) in [5.41, 5.74) is 1.91. The summed E-state index contributed by atoms with van der Waals surface area (Å²) in [4.78, 5) is 4.97. The lowest BCUT2D eigenvalue weighted by Gasteiger charge is -2.26. The number of rotatable bonds is 3. The molecule has 0 radical (unpaired) electrons. The smallest absolute Gasteiger partial charge is 0.130 e. The van der Waals surface area contributed by atoms with Crippen molar-refractivity contribution in [1.82, 2.24) is 5.32 Å². The van der Waals surface area contributed by atoms with Gasteiger partial charge in [0.15, 0.2) is 0 Å². The molecule has 0 atom stereocenters. The zero-order valence-corrected chi connectivity index (χ0v) is 15.3. The van der Waals surface area contributed by atoms with E-state index in [0.29, 0.717) is 6.54 Å². The Balaban J connectivity index is 1.87. The second-order valence-electron chi connectivity index (χ2n) is 6.20. The molecule has 0 bridgehead atoms. The number of nitrogens with zero attached hydrogens (tertiary/aromatic N) is 1. The topological polar surface area (TPSA) is 24.4 Å². The number of aliphatic imine (C=N–C) groups is 1. The molecule has 1 N–H and O–H groups in total. The summed E-state index contributed by atoms with van der Waals surface area (Å²) >= 11 is 3.48. The number of hydrogen-bond donors (Lipinski definition) is 1. The molecule has 0 saturated heterocycles. The maximum absolute atomic E-state index is 13.4. The molecule has 0 aromatic heterocycles. The number of nitrogens with one attached hydrogen (secondary N) is 1. The van der Waals surface area contributed by atoms with Crippen molar-refractivity contribution in [2.45, 2.75) is 5.54 Å². The molecule has 4 rings (SSSR count). The minimum absolute atomic E-state index is 0.301. The molecule has 0 aliphatic carbocycles. The minimum atomic E-state index is -0.737. The van der Waals surface area contributed by atoms with Gasteiger partial charge in [0.25, 0.3) is 0 Å². The van der Waals surface area contributed by atoms with Gasteiger partial charge < -0.3 is 5.32 Å². The first-order valence-electron chi connectivity index (χ1n) is 8.19. The van der Waals surface area contributed by atoms with Crippen molar-refractivity contribution in [3.05, 3.63) is 106 Å². The minimum Gasteiger partial charge on any atom is -0.367 e. The Bertz CT molecular complexity index is 921. The third-order valence-corrected chi connectivity index (χ3v) is 5.05. The lowest BCUT2D eigenvalue weighted by atomic mass is 9.84. The van der Waals surface area contributed by atoms with Crippen LogP contribution in [0.5, 0.6) is 0 Å². The van der Waals surface area contributed by atoms with E-state index in [9.17, 15) is 8.78 Å². The SMILES string of the molecule is Fc1ccc(C2(c3ccc(F)cc3)CNC(c3cccc(Br)c3)=N2)cc1. The molecular formula is C21H15BrF2N2. The first kappa shape index (κ1) is 16.9. The van der Waals surface area contributed by atoms with Gasteiger partial charge in [0.1, 0.15) is 23.0 Å². The first-order chi connectivity index (χ1) is 12.6. The second kappa shape index (κ2) is 6.65. The molecule has 2 nitrogen and oxygen atoms in total. The third-order valence-electron chi connectivity index (χ3n) is 4.56. The van der Waals surface area contributed by atoms with Crippen molar-refractivity contribution in [2.24, 2.45) is 4.99 Å². The van der Waals surface area contributed by atoms with Crippen molar-refractivity contribution >= 4 is 21.8 Å². The molecule has 1 aliphatic heterocycles. The summed E-state index contributed by atoms with van der Waals surface area (Å²) in [7, 11) is 0.